The molecule has 1 aromatic heterocycles. The van der Waals surface area contributed by atoms with Gasteiger partial charge in [0, 0.05) is 49.1 Å². The third-order valence-corrected chi connectivity index (χ3v) is 6.14. The third kappa shape index (κ3) is 5.92. The van der Waals surface area contributed by atoms with Crippen molar-refractivity contribution in [2.75, 3.05) is 28.6 Å². The van der Waals surface area contributed by atoms with Gasteiger partial charge in [-0.15, -0.1) is 0 Å². The van der Waals surface area contributed by atoms with Crippen LogP contribution in [0.3, 0.4) is 0 Å². The first-order valence-electron chi connectivity index (χ1n) is 11.7. The van der Waals surface area contributed by atoms with Gasteiger partial charge in [0.1, 0.15) is 0 Å². The molecule has 3 aromatic rings. The van der Waals surface area contributed by atoms with Gasteiger partial charge in [0.25, 0.3) is 5.91 Å². The van der Waals surface area contributed by atoms with Gasteiger partial charge in [0.05, 0.1) is 5.56 Å². The number of piperidine rings is 1. The zero-order valence-electron chi connectivity index (χ0n) is 19.7. The monoisotopic (exact) mass is 457 g/mol. The molecule has 1 fully saturated rings. The molecule has 0 unspecified atom stereocenters. The van der Waals surface area contributed by atoms with E-state index in [9.17, 15) is 9.59 Å². The fourth-order valence-corrected chi connectivity index (χ4v) is 4.10. The van der Waals surface area contributed by atoms with Gasteiger partial charge < -0.3 is 20.9 Å². The molecule has 1 saturated heterocycles. The van der Waals surface area contributed by atoms with Crippen molar-refractivity contribution >= 4 is 29.0 Å². The van der Waals surface area contributed by atoms with Crippen molar-refractivity contribution in [3.05, 3.63) is 83.2 Å². The highest BCUT2D eigenvalue weighted by molar-refractivity contribution is 6.04. The second kappa shape index (κ2) is 10.8. The molecule has 34 heavy (non-hydrogen) atoms. The van der Waals surface area contributed by atoms with Crippen LogP contribution in [-0.2, 0) is 6.54 Å². The van der Waals surface area contributed by atoms with Crippen molar-refractivity contribution in [1.82, 2.24) is 10.3 Å². The molecule has 0 radical (unpaired) electrons. The summed E-state index contributed by atoms with van der Waals surface area (Å²) in [5.74, 6) is -0.178. The van der Waals surface area contributed by atoms with Crippen LogP contribution in [0, 0.1) is 13.8 Å². The van der Waals surface area contributed by atoms with Gasteiger partial charge >= 0.3 is 6.03 Å². The highest BCUT2D eigenvalue weighted by Crippen LogP contribution is 2.27. The molecule has 3 amide bonds. The van der Waals surface area contributed by atoms with E-state index in [1.54, 1.807) is 18.5 Å². The maximum atomic E-state index is 13.2. The Morgan fingerprint density at radius 2 is 1.65 bits per heavy atom. The lowest BCUT2D eigenvalue weighted by Crippen LogP contribution is -2.33. The number of aromatic nitrogens is 1. The Hall–Kier alpha value is -3.87. The van der Waals surface area contributed by atoms with Crippen molar-refractivity contribution in [1.29, 1.82) is 0 Å². The van der Waals surface area contributed by atoms with E-state index >= 15 is 0 Å². The predicted molar refractivity (Wildman–Crippen MR) is 136 cm³/mol. The van der Waals surface area contributed by atoms with E-state index in [1.807, 2.05) is 56.3 Å². The van der Waals surface area contributed by atoms with Crippen LogP contribution in [0.1, 0.15) is 46.3 Å². The average molecular weight is 458 g/mol. The number of pyridine rings is 1. The lowest BCUT2D eigenvalue weighted by molar-refractivity contribution is 0.0951. The smallest absolute Gasteiger partial charge is 0.323 e. The van der Waals surface area contributed by atoms with Crippen LogP contribution in [0.25, 0.3) is 0 Å². The van der Waals surface area contributed by atoms with E-state index in [0.717, 1.165) is 48.4 Å². The molecule has 0 atom stereocenters. The van der Waals surface area contributed by atoms with Crippen LogP contribution in [0.2, 0.25) is 0 Å². The summed E-state index contributed by atoms with van der Waals surface area (Å²) >= 11 is 0. The molecular weight excluding hydrogens is 426 g/mol. The summed E-state index contributed by atoms with van der Waals surface area (Å²) in [6, 6.07) is 14.7. The summed E-state index contributed by atoms with van der Waals surface area (Å²) in [6.07, 6.45) is 6.86. The highest BCUT2D eigenvalue weighted by atomic mass is 16.2. The Kier molecular flexibility index (Phi) is 7.42. The van der Waals surface area contributed by atoms with Gasteiger partial charge in [-0.25, -0.2) is 4.79 Å². The van der Waals surface area contributed by atoms with Crippen LogP contribution in [0.5, 0.6) is 0 Å². The van der Waals surface area contributed by atoms with Gasteiger partial charge in [0.2, 0.25) is 0 Å². The Morgan fingerprint density at radius 3 is 2.35 bits per heavy atom. The number of urea groups is 1. The number of carbonyl (C=O) groups is 2. The number of aryl methyl sites for hydroxylation is 2. The molecular formula is C27H31N5O2. The van der Waals surface area contributed by atoms with Gasteiger partial charge in [-0.05, 0) is 86.2 Å². The lowest BCUT2D eigenvalue weighted by atomic mass is 10.1. The van der Waals surface area contributed by atoms with Crippen molar-refractivity contribution in [2.24, 2.45) is 0 Å². The van der Waals surface area contributed by atoms with Gasteiger partial charge in [0.15, 0.2) is 0 Å². The minimum absolute atomic E-state index is 0.178. The maximum absolute atomic E-state index is 13.2. The number of carbonyl (C=O) groups excluding carboxylic acids is 2. The van der Waals surface area contributed by atoms with Crippen molar-refractivity contribution in [3.63, 3.8) is 0 Å². The molecule has 7 nitrogen and oxygen atoms in total. The number of hydrogen-bond donors (Lipinski definition) is 3. The summed E-state index contributed by atoms with van der Waals surface area (Å²) in [7, 11) is 0. The summed E-state index contributed by atoms with van der Waals surface area (Å²) in [5.41, 5.74) is 5.93. The van der Waals surface area contributed by atoms with Crippen LogP contribution in [0.15, 0.2) is 60.9 Å². The molecule has 0 spiro atoms. The van der Waals surface area contributed by atoms with Gasteiger partial charge in [-0.3, -0.25) is 9.78 Å². The molecule has 0 aliphatic carbocycles. The molecule has 2 heterocycles. The topological polar surface area (TPSA) is 86.4 Å². The van der Waals surface area contributed by atoms with E-state index in [0.29, 0.717) is 17.8 Å². The normalized spacial score (nSPS) is 13.3. The number of rotatable bonds is 6. The molecule has 7 heteroatoms. The van der Waals surface area contributed by atoms with Crippen molar-refractivity contribution in [3.8, 4) is 0 Å². The number of anilines is 3. The van der Waals surface area contributed by atoms with E-state index in [2.05, 4.69) is 25.8 Å². The summed E-state index contributed by atoms with van der Waals surface area (Å²) in [6.45, 7) is 6.26. The standard InChI is InChI=1S/C27H31N5O2/c1-19-8-9-22(15-20(19)2)30-27(34)31-23-10-11-25(32-13-4-3-5-14-32)24(16-23)26(33)29-18-21-7-6-12-28-17-21/h6-12,15-17H,3-5,13-14,18H2,1-2H3,(H,29,33)(H2,30,31,34). The quantitative estimate of drug-likeness (QED) is 0.471. The third-order valence-electron chi connectivity index (χ3n) is 6.14. The molecule has 4 rings (SSSR count). The van der Waals surface area contributed by atoms with Crippen LogP contribution >= 0.6 is 0 Å². The summed E-state index contributed by atoms with van der Waals surface area (Å²) in [5, 5.41) is 8.72. The highest BCUT2D eigenvalue weighted by Gasteiger charge is 2.20. The van der Waals surface area contributed by atoms with Crippen LogP contribution < -0.4 is 20.9 Å². The first kappa shape index (κ1) is 23.3. The molecule has 0 bridgehead atoms. The van der Waals surface area contributed by atoms with Gasteiger partial charge in [-0.2, -0.15) is 0 Å². The number of benzene rings is 2. The van der Waals surface area contributed by atoms with E-state index in [-0.39, 0.29) is 11.9 Å². The minimum atomic E-state index is -0.351. The largest absolute Gasteiger partial charge is 0.371 e. The number of hydrogen-bond acceptors (Lipinski definition) is 4. The van der Waals surface area contributed by atoms with Crippen molar-refractivity contribution in [2.45, 2.75) is 39.7 Å². The molecule has 176 valence electrons. The zero-order chi connectivity index (χ0) is 23.9. The molecule has 1 aliphatic heterocycles. The summed E-state index contributed by atoms with van der Waals surface area (Å²) < 4.78 is 0. The summed E-state index contributed by atoms with van der Waals surface area (Å²) in [4.78, 5) is 32.2. The minimum Gasteiger partial charge on any atom is -0.371 e. The molecule has 0 saturated carbocycles. The molecule has 1 aliphatic rings. The maximum Gasteiger partial charge on any atom is 0.323 e. The Bertz CT molecular complexity index is 1160. The van der Waals surface area contributed by atoms with Crippen LogP contribution in [0.4, 0.5) is 21.9 Å². The van der Waals surface area contributed by atoms with E-state index < -0.39 is 0 Å². The van der Waals surface area contributed by atoms with Crippen LogP contribution in [-0.4, -0.2) is 30.0 Å². The number of amides is 3. The Morgan fingerprint density at radius 1 is 0.912 bits per heavy atom. The number of nitrogens with one attached hydrogen (secondary N) is 3. The molecule has 2 aromatic carbocycles. The van der Waals surface area contributed by atoms with E-state index in [4.69, 9.17) is 0 Å². The fourth-order valence-electron chi connectivity index (χ4n) is 4.10. The zero-order valence-corrected chi connectivity index (χ0v) is 19.7. The first-order chi connectivity index (χ1) is 16.5. The Balaban J connectivity index is 1.51. The average Bonchev–Trinajstić information content (AvgIpc) is 2.86. The molecule has 3 N–H and O–H groups in total. The fraction of sp³-hybridized carbons (Fsp3) is 0.296. The van der Waals surface area contributed by atoms with Gasteiger partial charge in [-0.1, -0.05) is 12.1 Å². The lowest BCUT2D eigenvalue weighted by Gasteiger charge is -2.30. The van der Waals surface area contributed by atoms with E-state index in [1.165, 1.54) is 12.0 Å². The second-order valence-corrected chi connectivity index (χ2v) is 8.70. The Labute approximate surface area is 200 Å². The first-order valence-corrected chi connectivity index (χ1v) is 11.7. The SMILES string of the molecule is Cc1ccc(NC(=O)Nc2ccc(N3CCCCC3)c(C(=O)NCc3cccnc3)c2)cc1C. The van der Waals surface area contributed by atoms with Crippen molar-refractivity contribution < 1.29 is 9.59 Å². The number of nitrogens with zero attached hydrogens (tertiary/aromatic N) is 2. The predicted octanol–water partition coefficient (Wildman–Crippen LogP) is 5.26. The second-order valence-electron chi connectivity index (χ2n) is 8.70.